The van der Waals surface area contributed by atoms with Crippen LogP contribution in [0.5, 0.6) is 0 Å². The number of rotatable bonds is 6. The summed E-state index contributed by atoms with van der Waals surface area (Å²) in [4.78, 5) is 30.1. The second kappa shape index (κ2) is 9.34. The van der Waals surface area contributed by atoms with Gasteiger partial charge in [-0.2, -0.15) is 0 Å². The molecular weight excluding hydrogens is 412 g/mol. The molecule has 0 spiro atoms. The highest BCUT2D eigenvalue weighted by Gasteiger charge is 2.21. The standard InChI is InChI=1S/C23H24N4O3S/c1-17-8-3-4-11-20(17)26-21(18-9-7-10-19(14-18)27(29)30)15-24-23(26)31-16-22(28)25-12-5-2-6-13-25/h3-4,7-11,14-15H,2,5-6,12-13,16H2,1H3. The molecule has 7 nitrogen and oxygen atoms in total. The van der Waals surface area contributed by atoms with Crippen LogP contribution in [0.1, 0.15) is 24.8 Å². The molecule has 0 radical (unpaired) electrons. The zero-order chi connectivity index (χ0) is 21.8. The zero-order valence-corrected chi connectivity index (χ0v) is 18.2. The number of piperidine rings is 1. The molecule has 1 amide bonds. The van der Waals surface area contributed by atoms with Crippen molar-refractivity contribution in [3.05, 3.63) is 70.4 Å². The minimum atomic E-state index is -0.398. The van der Waals surface area contributed by atoms with Gasteiger partial charge >= 0.3 is 0 Å². The van der Waals surface area contributed by atoms with Crippen molar-refractivity contribution in [2.75, 3.05) is 18.8 Å². The number of nitro groups is 1. The second-order valence-electron chi connectivity index (χ2n) is 7.59. The first-order valence-electron chi connectivity index (χ1n) is 10.3. The Kier molecular flexibility index (Phi) is 6.36. The zero-order valence-electron chi connectivity index (χ0n) is 17.4. The van der Waals surface area contributed by atoms with Crippen LogP contribution in [0.4, 0.5) is 5.69 Å². The molecule has 160 valence electrons. The molecule has 3 aromatic rings. The van der Waals surface area contributed by atoms with Crippen LogP contribution in [0.15, 0.2) is 59.9 Å². The van der Waals surface area contributed by atoms with Gasteiger partial charge in [0.05, 0.1) is 28.3 Å². The number of aromatic nitrogens is 2. The molecule has 1 fully saturated rings. The van der Waals surface area contributed by atoms with E-state index < -0.39 is 4.92 Å². The highest BCUT2D eigenvalue weighted by atomic mass is 32.2. The summed E-state index contributed by atoms with van der Waals surface area (Å²) in [5.74, 6) is 0.443. The average molecular weight is 437 g/mol. The van der Waals surface area contributed by atoms with Gasteiger partial charge in [-0.1, -0.05) is 42.1 Å². The van der Waals surface area contributed by atoms with E-state index in [1.807, 2.05) is 46.7 Å². The number of thioether (sulfide) groups is 1. The van der Waals surface area contributed by atoms with Gasteiger partial charge in [0.1, 0.15) is 0 Å². The van der Waals surface area contributed by atoms with Gasteiger partial charge in [-0.15, -0.1) is 0 Å². The number of aryl methyl sites for hydroxylation is 1. The number of amides is 1. The molecule has 8 heteroatoms. The van der Waals surface area contributed by atoms with Crippen molar-refractivity contribution < 1.29 is 9.72 Å². The number of nitro benzene ring substituents is 1. The number of imidazole rings is 1. The molecule has 0 bridgehead atoms. The van der Waals surface area contributed by atoms with Gasteiger partial charge in [0.2, 0.25) is 5.91 Å². The minimum absolute atomic E-state index is 0.0320. The maximum absolute atomic E-state index is 12.7. The molecule has 1 saturated heterocycles. The van der Waals surface area contributed by atoms with Crippen molar-refractivity contribution in [3.8, 4) is 16.9 Å². The Balaban J connectivity index is 1.69. The Hall–Kier alpha value is -3.13. The number of carbonyl (C=O) groups is 1. The van der Waals surface area contributed by atoms with E-state index in [2.05, 4.69) is 4.98 Å². The van der Waals surface area contributed by atoms with E-state index >= 15 is 0 Å². The van der Waals surface area contributed by atoms with Gasteiger partial charge in [-0.05, 0) is 37.8 Å². The Bertz CT molecular complexity index is 1110. The largest absolute Gasteiger partial charge is 0.342 e. The van der Waals surface area contributed by atoms with E-state index in [1.165, 1.54) is 24.2 Å². The monoisotopic (exact) mass is 436 g/mol. The smallest absolute Gasteiger partial charge is 0.270 e. The Morgan fingerprint density at radius 3 is 2.65 bits per heavy atom. The highest BCUT2D eigenvalue weighted by molar-refractivity contribution is 7.99. The van der Waals surface area contributed by atoms with Gasteiger partial charge in [0, 0.05) is 30.8 Å². The lowest BCUT2D eigenvalue weighted by atomic mass is 10.1. The number of likely N-dealkylation sites (tertiary alicyclic amines) is 1. The Morgan fingerprint density at radius 1 is 1.13 bits per heavy atom. The van der Waals surface area contributed by atoms with E-state index in [4.69, 9.17) is 0 Å². The molecule has 0 N–H and O–H groups in total. The third kappa shape index (κ3) is 4.64. The normalized spacial score (nSPS) is 13.9. The molecule has 31 heavy (non-hydrogen) atoms. The number of nitrogens with zero attached hydrogens (tertiary/aromatic N) is 4. The van der Waals surface area contributed by atoms with E-state index in [0.717, 1.165) is 42.9 Å². The van der Waals surface area contributed by atoms with Gasteiger partial charge in [0.15, 0.2) is 5.16 Å². The summed E-state index contributed by atoms with van der Waals surface area (Å²) in [7, 11) is 0. The third-order valence-electron chi connectivity index (χ3n) is 5.47. The van der Waals surface area contributed by atoms with E-state index in [1.54, 1.807) is 18.3 Å². The molecule has 1 aliphatic rings. The quantitative estimate of drug-likeness (QED) is 0.313. The second-order valence-corrected chi connectivity index (χ2v) is 8.53. The first kappa shape index (κ1) is 21.1. The number of non-ortho nitro benzene ring substituents is 1. The molecular formula is C23H24N4O3S. The number of carbonyl (C=O) groups excluding carboxylic acids is 1. The van der Waals surface area contributed by atoms with Gasteiger partial charge < -0.3 is 4.90 Å². The van der Waals surface area contributed by atoms with Gasteiger partial charge in [-0.25, -0.2) is 4.98 Å². The van der Waals surface area contributed by atoms with Crippen LogP contribution in [0.3, 0.4) is 0 Å². The lowest BCUT2D eigenvalue weighted by Gasteiger charge is -2.26. The van der Waals surface area contributed by atoms with Crippen LogP contribution in [0.2, 0.25) is 0 Å². The summed E-state index contributed by atoms with van der Waals surface area (Å²) in [5, 5.41) is 12.0. The number of benzene rings is 2. The fourth-order valence-electron chi connectivity index (χ4n) is 3.83. The molecule has 4 rings (SSSR count). The van der Waals surface area contributed by atoms with Crippen LogP contribution < -0.4 is 0 Å². The Labute approximate surface area is 185 Å². The maximum atomic E-state index is 12.7. The van der Waals surface area contributed by atoms with Crippen LogP contribution in [-0.2, 0) is 4.79 Å². The van der Waals surface area contributed by atoms with Crippen molar-refractivity contribution >= 4 is 23.4 Å². The third-order valence-corrected chi connectivity index (χ3v) is 6.41. The van der Waals surface area contributed by atoms with Gasteiger partial charge in [-0.3, -0.25) is 19.5 Å². The molecule has 0 atom stereocenters. The van der Waals surface area contributed by atoms with Crippen LogP contribution in [0.25, 0.3) is 16.9 Å². The van der Waals surface area contributed by atoms with E-state index in [0.29, 0.717) is 16.5 Å². The molecule has 0 aliphatic carbocycles. The van der Waals surface area contributed by atoms with Crippen LogP contribution >= 0.6 is 11.8 Å². The SMILES string of the molecule is Cc1ccccc1-n1c(-c2cccc([N+](=O)[O-])c2)cnc1SCC(=O)N1CCCCC1. The number of hydrogen-bond donors (Lipinski definition) is 0. The lowest BCUT2D eigenvalue weighted by molar-refractivity contribution is -0.384. The van der Waals surface area contributed by atoms with Crippen LogP contribution in [0, 0.1) is 17.0 Å². The van der Waals surface area contributed by atoms with Crippen LogP contribution in [-0.4, -0.2) is 44.1 Å². The van der Waals surface area contributed by atoms with Crippen molar-refractivity contribution in [2.45, 2.75) is 31.3 Å². The summed E-state index contributed by atoms with van der Waals surface area (Å²) < 4.78 is 1.99. The first-order valence-corrected chi connectivity index (χ1v) is 11.3. The summed E-state index contributed by atoms with van der Waals surface area (Å²) in [6, 6.07) is 14.5. The molecule has 2 heterocycles. The minimum Gasteiger partial charge on any atom is -0.342 e. The number of hydrogen-bond acceptors (Lipinski definition) is 5. The molecule has 1 aliphatic heterocycles. The molecule has 0 saturated carbocycles. The van der Waals surface area contributed by atoms with Crippen molar-refractivity contribution in [1.82, 2.24) is 14.5 Å². The maximum Gasteiger partial charge on any atom is 0.270 e. The summed E-state index contributed by atoms with van der Waals surface area (Å²) >= 11 is 1.41. The predicted molar refractivity (Wildman–Crippen MR) is 122 cm³/mol. The van der Waals surface area contributed by atoms with E-state index in [-0.39, 0.29) is 11.6 Å². The lowest BCUT2D eigenvalue weighted by Crippen LogP contribution is -2.36. The highest BCUT2D eigenvalue weighted by Crippen LogP contribution is 2.32. The molecule has 1 aromatic heterocycles. The first-order chi connectivity index (χ1) is 15.0. The summed E-state index contributed by atoms with van der Waals surface area (Å²) in [5.41, 5.74) is 3.49. The predicted octanol–water partition coefficient (Wildman–Crippen LogP) is 4.86. The fourth-order valence-corrected chi connectivity index (χ4v) is 4.72. The van der Waals surface area contributed by atoms with Crippen molar-refractivity contribution in [1.29, 1.82) is 0 Å². The van der Waals surface area contributed by atoms with Crippen molar-refractivity contribution in [2.24, 2.45) is 0 Å². The molecule has 2 aromatic carbocycles. The van der Waals surface area contributed by atoms with Gasteiger partial charge in [0.25, 0.3) is 5.69 Å². The molecule has 0 unspecified atom stereocenters. The summed E-state index contributed by atoms with van der Waals surface area (Å²) in [6.07, 6.45) is 5.02. The summed E-state index contributed by atoms with van der Waals surface area (Å²) in [6.45, 7) is 3.66. The average Bonchev–Trinajstić information content (AvgIpc) is 3.22. The topological polar surface area (TPSA) is 81.3 Å². The number of para-hydroxylation sites is 1. The van der Waals surface area contributed by atoms with Crippen molar-refractivity contribution in [3.63, 3.8) is 0 Å². The fraction of sp³-hybridized carbons (Fsp3) is 0.304. The van der Waals surface area contributed by atoms with E-state index in [9.17, 15) is 14.9 Å². The Morgan fingerprint density at radius 2 is 1.90 bits per heavy atom.